The van der Waals surface area contributed by atoms with Gasteiger partial charge in [-0.3, -0.25) is 0 Å². The van der Waals surface area contributed by atoms with Crippen LogP contribution >= 0.6 is 0 Å². The van der Waals surface area contributed by atoms with Gasteiger partial charge < -0.3 is 20.1 Å². The first-order valence-corrected chi connectivity index (χ1v) is 8.27. The van der Waals surface area contributed by atoms with E-state index < -0.39 is 5.54 Å². The van der Waals surface area contributed by atoms with Gasteiger partial charge in [-0.25, -0.2) is 4.79 Å². The molecule has 2 unspecified atom stereocenters. The van der Waals surface area contributed by atoms with Gasteiger partial charge in [-0.2, -0.15) is 0 Å². The zero-order chi connectivity index (χ0) is 16.6. The molecular formula is C18H26N2O3. The summed E-state index contributed by atoms with van der Waals surface area (Å²) in [7, 11) is 1.64. The van der Waals surface area contributed by atoms with Gasteiger partial charge >= 0.3 is 6.03 Å². The Labute approximate surface area is 137 Å². The number of rotatable bonds is 4. The van der Waals surface area contributed by atoms with E-state index >= 15 is 0 Å². The van der Waals surface area contributed by atoms with Crippen LogP contribution in [0, 0.1) is 5.92 Å². The number of benzene rings is 1. The Bertz CT molecular complexity index is 566. The Morgan fingerprint density at radius 3 is 2.52 bits per heavy atom. The molecule has 1 aromatic rings. The van der Waals surface area contributed by atoms with E-state index in [0.717, 1.165) is 23.7 Å². The van der Waals surface area contributed by atoms with Crippen molar-refractivity contribution in [3.05, 3.63) is 29.8 Å². The molecule has 2 atom stereocenters. The highest BCUT2D eigenvalue weighted by Gasteiger charge is 2.48. The molecule has 2 N–H and O–H groups in total. The van der Waals surface area contributed by atoms with E-state index in [4.69, 9.17) is 15.2 Å². The number of morpholine rings is 1. The van der Waals surface area contributed by atoms with Crippen molar-refractivity contribution < 1.29 is 14.3 Å². The SMILES string of the molecule is COc1ccc(C2COC(CC3CC3)C(C)(C)N2C(N)=O)cc1. The largest absolute Gasteiger partial charge is 0.497 e. The quantitative estimate of drug-likeness (QED) is 0.928. The molecule has 23 heavy (non-hydrogen) atoms. The molecule has 0 radical (unpaired) electrons. The molecule has 1 heterocycles. The van der Waals surface area contributed by atoms with Crippen LogP contribution in [0.1, 0.15) is 44.7 Å². The number of urea groups is 1. The molecule has 0 aromatic heterocycles. The minimum Gasteiger partial charge on any atom is -0.497 e. The highest BCUT2D eigenvalue weighted by Crippen LogP contribution is 2.43. The molecule has 1 aliphatic carbocycles. The minimum atomic E-state index is -0.419. The third-order valence-electron chi connectivity index (χ3n) is 5.16. The molecule has 126 valence electrons. The van der Waals surface area contributed by atoms with Crippen molar-refractivity contribution in [2.45, 2.75) is 50.8 Å². The van der Waals surface area contributed by atoms with E-state index in [0.29, 0.717) is 6.61 Å². The third-order valence-corrected chi connectivity index (χ3v) is 5.16. The zero-order valence-electron chi connectivity index (χ0n) is 14.1. The predicted octanol–water partition coefficient (Wildman–Crippen LogP) is 3.09. The smallest absolute Gasteiger partial charge is 0.315 e. The molecule has 0 spiro atoms. The lowest BCUT2D eigenvalue weighted by molar-refractivity contribution is -0.126. The number of amides is 2. The summed E-state index contributed by atoms with van der Waals surface area (Å²) in [5.74, 6) is 1.54. The monoisotopic (exact) mass is 318 g/mol. The molecule has 2 fully saturated rings. The van der Waals surface area contributed by atoms with Crippen LogP contribution in [0.25, 0.3) is 0 Å². The maximum Gasteiger partial charge on any atom is 0.315 e. The van der Waals surface area contributed by atoms with Gasteiger partial charge in [0, 0.05) is 0 Å². The first-order valence-electron chi connectivity index (χ1n) is 8.27. The number of carbonyl (C=O) groups is 1. The topological polar surface area (TPSA) is 64.8 Å². The van der Waals surface area contributed by atoms with Crippen molar-refractivity contribution in [3.8, 4) is 5.75 Å². The standard InChI is InChI=1S/C18H26N2O3/c1-18(2)16(10-12-4-5-12)23-11-15(20(18)17(19)21)13-6-8-14(22-3)9-7-13/h6-9,12,15-16H,4-5,10-11H2,1-3H3,(H2,19,21). The number of ether oxygens (including phenoxy) is 2. The summed E-state index contributed by atoms with van der Waals surface area (Å²) in [5.41, 5.74) is 6.34. The summed E-state index contributed by atoms with van der Waals surface area (Å²) in [6, 6.07) is 7.19. The summed E-state index contributed by atoms with van der Waals surface area (Å²) >= 11 is 0. The Morgan fingerprint density at radius 1 is 1.35 bits per heavy atom. The first-order chi connectivity index (χ1) is 10.9. The summed E-state index contributed by atoms with van der Waals surface area (Å²) in [6.45, 7) is 4.59. The van der Waals surface area contributed by atoms with Crippen LogP contribution in [0.5, 0.6) is 5.75 Å². The maximum absolute atomic E-state index is 12.2. The average Bonchev–Trinajstić information content (AvgIpc) is 3.32. The van der Waals surface area contributed by atoms with Crippen LogP contribution in [0.4, 0.5) is 4.79 Å². The first kappa shape index (κ1) is 16.1. The van der Waals surface area contributed by atoms with Crippen LogP contribution in [0.15, 0.2) is 24.3 Å². The van der Waals surface area contributed by atoms with E-state index in [1.165, 1.54) is 12.8 Å². The molecule has 2 amide bonds. The second kappa shape index (κ2) is 6.04. The van der Waals surface area contributed by atoms with E-state index in [9.17, 15) is 4.79 Å². The van der Waals surface area contributed by atoms with E-state index in [1.807, 2.05) is 24.3 Å². The average molecular weight is 318 g/mol. The number of nitrogens with two attached hydrogens (primary N) is 1. The van der Waals surface area contributed by atoms with Crippen molar-refractivity contribution in [1.29, 1.82) is 0 Å². The summed E-state index contributed by atoms with van der Waals surface area (Å²) < 4.78 is 11.4. The fourth-order valence-corrected chi connectivity index (χ4v) is 3.56. The lowest BCUT2D eigenvalue weighted by atomic mass is 9.86. The third kappa shape index (κ3) is 3.15. The van der Waals surface area contributed by atoms with Crippen LogP contribution in [-0.2, 0) is 4.74 Å². The van der Waals surface area contributed by atoms with Crippen molar-refractivity contribution in [2.75, 3.05) is 13.7 Å². The molecule has 1 saturated heterocycles. The summed E-state index contributed by atoms with van der Waals surface area (Å²) in [5, 5.41) is 0. The highest BCUT2D eigenvalue weighted by molar-refractivity contribution is 5.74. The molecular weight excluding hydrogens is 292 g/mol. The second-order valence-electron chi connectivity index (χ2n) is 7.15. The number of carbonyl (C=O) groups excluding carboxylic acids is 1. The zero-order valence-corrected chi connectivity index (χ0v) is 14.1. The number of hydrogen-bond acceptors (Lipinski definition) is 3. The fourth-order valence-electron chi connectivity index (χ4n) is 3.56. The van der Waals surface area contributed by atoms with Gasteiger partial charge in [-0.05, 0) is 43.9 Å². The number of primary amides is 1. The van der Waals surface area contributed by atoms with Gasteiger partial charge in [-0.1, -0.05) is 25.0 Å². The molecule has 1 saturated carbocycles. The van der Waals surface area contributed by atoms with Gasteiger partial charge in [0.1, 0.15) is 5.75 Å². The predicted molar refractivity (Wildman–Crippen MR) is 88.3 cm³/mol. The lowest BCUT2D eigenvalue weighted by Crippen LogP contribution is -2.63. The number of nitrogens with zero attached hydrogens (tertiary/aromatic N) is 1. The molecule has 1 aromatic carbocycles. The van der Waals surface area contributed by atoms with Crippen LogP contribution in [-0.4, -0.2) is 36.3 Å². The van der Waals surface area contributed by atoms with Crippen molar-refractivity contribution in [2.24, 2.45) is 11.7 Å². The van der Waals surface area contributed by atoms with Crippen molar-refractivity contribution in [3.63, 3.8) is 0 Å². The molecule has 2 aliphatic rings. The van der Waals surface area contributed by atoms with Gasteiger partial charge in [0.2, 0.25) is 0 Å². The van der Waals surface area contributed by atoms with Crippen molar-refractivity contribution >= 4 is 6.03 Å². The molecule has 0 bridgehead atoms. The number of hydrogen-bond donors (Lipinski definition) is 1. The lowest BCUT2D eigenvalue weighted by Gasteiger charge is -2.51. The van der Waals surface area contributed by atoms with Crippen LogP contribution in [0.2, 0.25) is 0 Å². The second-order valence-corrected chi connectivity index (χ2v) is 7.15. The Hall–Kier alpha value is -1.75. The summed E-state index contributed by atoms with van der Waals surface area (Å²) in [4.78, 5) is 14.0. The normalized spacial score (nSPS) is 26.8. The van der Waals surface area contributed by atoms with E-state index in [2.05, 4.69) is 13.8 Å². The molecule has 5 heteroatoms. The Balaban J connectivity index is 1.86. The maximum atomic E-state index is 12.2. The van der Waals surface area contributed by atoms with Crippen LogP contribution in [0.3, 0.4) is 0 Å². The highest BCUT2D eigenvalue weighted by atomic mass is 16.5. The molecule has 3 rings (SSSR count). The van der Waals surface area contributed by atoms with Crippen molar-refractivity contribution in [1.82, 2.24) is 4.90 Å². The number of methoxy groups -OCH3 is 1. The minimum absolute atomic E-state index is 0.0389. The fraction of sp³-hybridized carbons (Fsp3) is 0.611. The van der Waals surface area contributed by atoms with Gasteiger partial charge in [-0.15, -0.1) is 0 Å². The van der Waals surface area contributed by atoms with Gasteiger partial charge in [0.05, 0.1) is 31.4 Å². The van der Waals surface area contributed by atoms with Gasteiger partial charge in [0.25, 0.3) is 0 Å². The Morgan fingerprint density at radius 2 is 2.00 bits per heavy atom. The van der Waals surface area contributed by atoms with E-state index in [1.54, 1.807) is 12.0 Å². The van der Waals surface area contributed by atoms with E-state index in [-0.39, 0.29) is 18.2 Å². The van der Waals surface area contributed by atoms with Crippen LogP contribution < -0.4 is 10.5 Å². The Kier molecular flexibility index (Phi) is 4.23. The molecule has 1 aliphatic heterocycles. The van der Waals surface area contributed by atoms with Gasteiger partial charge in [0.15, 0.2) is 0 Å². The molecule has 5 nitrogen and oxygen atoms in total. The summed E-state index contributed by atoms with van der Waals surface area (Å²) in [6.07, 6.45) is 3.59.